The van der Waals surface area contributed by atoms with Crippen LogP contribution in [0.3, 0.4) is 0 Å². The number of amides is 1. The first kappa shape index (κ1) is 23.3. The second kappa shape index (κ2) is 12.6. The molecule has 27 heavy (non-hydrogen) atoms. The Hall–Kier alpha value is -1.71. The normalized spacial score (nSPS) is 10.8. The van der Waals surface area contributed by atoms with E-state index >= 15 is 0 Å². The first-order chi connectivity index (χ1) is 12.5. The average Bonchev–Trinajstić information content (AvgIpc) is 2.66. The number of rotatable bonds is 8. The van der Waals surface area contributed by atoms with Gasteiger partial charge in [0.05, 0.1) is 18.4 Å². The molecular weight excluding hydrogens is 377 g/mol. The van der Waals surface area contributed by atoms with Crippen molar-refractivity contribution in [2.75, 3.05) is 0 Å². The summed E-state index contributed by atoms with van der Waals surface area (Å²) in [6.07, 6.45) is -1.52. The Morgan fingerprint density at radius 3 is 1.81 bits per heavy atom. The van der Waals surface area contributed by atoms with Gasteiger partial charge >= 0.3 is 63.4 Å². The summed E-state index contributed by atoms with van der Waals surface area (Å²) in [5.74, 6) is -2.37. The molecule has 1 N–H and O–H groups in total. The molecule has 1 amide bonds. The molecule has 2 rings (SSSR count). The third kappa shape index (κ3) is 9.16. The number of alkyl carbamates (subject to hydrolysis) is 1. The molecule has 0 aromatic heterocycles. The zero-order chi connectivity index (χ0) is 18.8. The van der Waals surface area contributed by atoms with Crippen molar-refractivity contribution in [1.82, 2.24) is 5.32 Å². The number of hydrogen-bond donors (Lipinski definition) is 1. The number of carbonyl (C=O) groups is 3. The fraction of sp³-hybridized carbons (Fsp3) is 0.211. The van der Waals surface area contributed by atoms with Crippen LogP contribution in [0.2, 0.25) is 0 Å². The molecule has 2 aromatic carbocycles. The van der Waals surface area contributed by atoms with Crippen molar-refractivity contribution >= 4 is 18.0 Å². The molecule has 136 valence electrons. The predicted octanol–water partition coefficient (Wildman–Crippen LogP) is -1.83. The standard InChI is InChI=1S/C19H19NO6.K/c21-17(25-12-14-7-3-1-4-8-14)11-16(18(22)23)20-19(24)26-13-15-9-5-2-6-10-15;/h1-10,16H,11-13H2,(H,20,24)(H,22,23);/q;+1/p-1/t16-;/m1./s1. The van der Waals surface area contributed by atoms with E-state index in [-0.39, 0.29) is 64.6 Å². The van der Waals surface area contributed by atoms with Gasteiger partial charge in [0.2, 0.25) is 0 Å². The summed E-state index contributed by atoms with van der Waals surface area (Å²) in [6.45, 7) is -0.0111. The van der Waals surface area contributed by atoms with Crippen LogP contribution in [-0.4, -0.2) is 24.1 Å². The van der Waals surface area contributed by atoms with Crippen molar-refractivity contribution in [3.8, 4) is 0 Å². The smallest absolute Gasteiger partial charge is 0.548 e. The second-order valence-electron chi connectivity index (χ2n) is 5.43. The van der Waals surface area contributed by atoms with Crippen LogP contribution in [-0.2, 0) is 32.3 Å². The minimum Gasteiger partial charge on any atom is -0.548 e. The number of carbonyl (C=O) groups excluding carboxylic acids is 3. The molecule has 0 fully saturated rings. The van der Waals surface area contributed by atoms with Gasteiger partial charge in [-0.05, 0) is 11.1 Å². The van der Waals surface area contributed by atoms with Crippen molar-refractivity contribution < 1.29 is 80.3 Å². The van der Waals surface area contributed by atoms with E-state index in [2.05, 4.69) is 5.32 Å². The minimum atomic E-state index is -1.60. The van der Waals surface area contributed by atoms with E-state index in [4.69, 9.17) is 9.47 Å². The van der Waals surface area contributed by atoms with E-state index < -0.39 is 30.5 Å². The van der Waals surface area contributed by atoms with Crippen molar-refractivity contribution in [2.45, 2.75) is 25.7 Å². The van der Waals surface area contributed by atoms with E-state index in [1.807, 2.05) is 12.1 Å². The van der Waals surface area contributed by atoms with Gasteiger partial charge in [-0.2, -0.15) is 0 Å². The van der Waals surface area contributed by atoms with Crippen LogP contribution < -0.4 is 61.8 Å². The predicted molar refractivity (Wildman–Crippen MR) is 89.4 cm³/mol. The zero-order valence-electron chi connectivity index (χ0n) is 14.9. The van der Waals surface area contributed by atoms with Gasteiger partial charge in [0.15, 0.2) is 0 Å². The summed E-state index contributed by atoms with van der Waals surface area (Å²) in [4.78, 5) is 34.6. The van der Waals surface area contributed by atoms with Crippen LogP contribution >= 0.6 is 0 Å². The van der Waals surface area contributed by atoms with Gasteiger partial charge < -0.3 is 24.7 Å². The summed E-state index contributed by atoms with van der Waals surface area (Å²) < 4.78 is 9.92. The molecule has 0 aliphatic rings. The largest absolute Gasteiger partial charge is 1.00 e. The first-order valence-corrected chi connectivity index (χ1v) is 7.92. The van der Waals surface area contributed by atoms with Gasteiger partial charge in [-0.15, -0.1) is 0 Å². The van der Waals surface area contributed by atoms with Crippen molar-refractivity contribution in [3.05, 3.63) is 71.8 Å². The third-order valence-electron chi connectivity index (χ3n) is 3.40. The van der Waals surface area contributed by atoms with Crippen LogP contribution in [0.25, 0.3) is 0 Å². The number of ether oxygens (including phenoxy) is 2. The Labute approximate surface area is 199 Å². The Morgan fingerprint density at radius 1 is 0.852 bits per heavy atom. The Kier molecular flexibility index (Phi) is 10.9. The molecule has 8 heteroatoms. The molecule has 2 aromatic rings. The molecule has 1 atom stereocenters. The van der Waals surface area contributed by atoms with E-state index in [0.29, 0.717) is 0 Å². The molecule has 7 nitrogen and oxygen atoms in total. The Balaban J connectivity index is 0.00000364. The maximum Gasteiger partial charge on any atom is 1.00 e. The van der Waals surface area contributed by atoms with Crippen LogP contribution in [0.4, 0.5) is 4.79 Å². The van der Waals surface area contributed by atoms with Crippen LogP contribution in [0.1, 0.15) is 17.5 Å². The number of aliphatic carboxylic acids is 1. The van der Waals surface area contributed by atoms with Crippen LogP contribution in [0.5, 0.6) is 0 Å². The third-order valence-corrected chi connectivity index (χ3v) is 3.40. The molecule has 0 radical (unpaired) electrons. The van der Waals surface area contributed by atoms with Gasteiger partial charge in [-0.25, -0.2) is 4.79 Å². The molecule has 0 heterocycles. The van der Waals surface area contributed by atoms with Gasteiger partial charge in [0, 0.05) is 0 Å². The maximum absolute atomic E-state index is 11.8. The van der Waals surface area contributed by atoms with Crippen LogP contribution in [0.15, 0.2) is 60.7 Å². The summed E-state index contributed by atoms with van der Waals surface area (Å²) in [7, 11) is 0. The van der Waals surface area contributed by atoms with Gasteiger partial charge in [-0.1, -0.05) is 60.7 Å². The number of benzene rings is 2. The molecule has 0 aliphatic heterocycles. The van der Waals surface area contributed by atoms with Crippen LogP contribution in [0, 0.1) is 0 Å². The van der Waals surface area contributed by atoms with Crippen molar-refractivity contribution in [2.24, 2.45) is 0 Å². The number of carboxylic acid groups (broad SMARTS) is 1. The van der Waals surface area contributed by atoms with Crippen molar-refractivity contribution in [1.29, 1.82) is 0 Å². The molecule has 0 bridgehead atoms. The van der Waals surface area contributed by atoms with Crippen molar-refractivity contribution in [3.63, 3.8) is 0 Å². The Bertz CT molecular complexity index is 681. The second-order valence-corrected chi connectivity index (χ2v) is 5.43. The minimum absolute atomic E-state index is 0. The topological polar surface area (TPSA) is 105 Å². The number of nitrogens with one attached hydrogen (secondary N) is 1. The van der Waals surface area contributed by atoms with E-state index in [9.17, 15) is 19.5 Å². The summed E-state index contributed by atoms with van der Waals surface area (Å²) in [5, 5.41) is 13.2. The molecular formula is C19H18KNO6. The maximum atomic E-state index is 11.8. The summed E-state index contributed by atoms with van der Waals surface area (Å²) in [6, 6.07) is 16.3. The fourth-order valence-corrected chi connectivity index (χ4v) is 2.06. The molecule has 0 saturated carbocycles. The quantitative estimate of drug-likeness (QED) is 0.416. The summed E-state index contributed by atoms with van der Waals surface area (Å²) >= 11 is 0. The van der Waals surface area contributed by atoms with Gasteiger partial charge in [0.25, 0.3) is 0 Å². The zero-order valence-corrected chi connectivity index (χ0v) is 18.0. The van der Waals surface area contributed by atoms with E-state index in [0.717, 1.165) is 11.1 Å². The number of hydrogen-bond acceptors (Lipinski definition) is 6. The first-order valence-electron chi connectivity index (χ1n) is 7.92. The van der Waals surface area contributed by atoms with Gasteiger partial charge in [-0.3, -0.25) is 4.79 Å². The Morgan fingerprint density at radius 2 is 1.33 bits per heavy atom. The number of esters is 1. The fourth-order valence-electron chi connectivity index (χ4n) is 2.06. The average molecular weight is 395 g/mol. The van der Waals surface area contributed by atoms with E-state index in [1.165, 1.54) is 0 Å². The molecule has 0 saturated heterocycles. The molecule has 0 unspecified atom stereocenters. The van der Waals surface area contributed by atoms with Gasteiger partial charge in [0.1, 0.15) is 13.2 Å². The summed E-state index contributed by atoms with van der Waals surface area (Å²) in [5.41, 5.74) is 1.51. The monoisotopic (exact) mass is 395 g/mol. The SMILES string of the molecule is O=C(C[C@@H](NC(=O)OCc1ccccc1)C(=O)[O-])OCc1ccccc1.[K+]. The molecule has 0 aliphatic carbocycles. The van der Waals surface area contributed by atoms with E-state index in [1.54, 1.807) is 48.5 Å². The molecule has 0 spiro atoms. The number of carboxylic acids is 1.